The number of amides is 4. The number of anilines is 2. The van der Waals surface area contributed by atoms with Crippen LogP contribution in [0.5, 0.6) is 0 Å². The van der Waals surface area contributed by atoms with E-state index in [2.05, 4.69) is 54.7 Å². The highest BCUT2D eigenvalue weighted by Gasteiger charge is 2.44. The van der Waals surface area contributed by atoms with Crippen molar-refractivity contribution in [2.24, 2.45) is 0 Å². The molecule has 12 nitrogen and oxygen atoms in total. The van der Waals surface area contributed by atoms with Crippen molar-refractivity contribution >= 4 is 45.8 Å². The summed E-state index contributed by atoms with van der Waals surface area (Å²) in [6.07, 6.45) is 6.99. The van der Waals surface area contributed by atoms with Crippen LogP contribution in [0, 0.1) is 5.82 Å². The standard InChI is InChI=1S/C42H39FN8O4S/c43-34-17-27(16-32-33(34)22-51(41(32)55)38(40(54)47-42-44-13-15-56-42)37-35-2-1-14-48(35)23-45-37)25-7-9-28(10-8-25)50-21-29-18-30(50)20-49(29)19-24-3-5-26(6-4-24)31-11-12-36(52)46-39(31)53/h3-10,13,15-17,23,29-31,38H,1-2,11-12,14,18-22H2,(H,44,47,54)(H,46,52,53)/t29-,30-,31?,38?/m1/s1. The Bertz CT molecular complexity index is 2380. The first kappa shape index (κ1) is 34.7. The van der Waals surface area contributed by atoms with Crippen molar-refractivity contribution in [2.75, 3.05) is 23.3 Å². The minimum absolute atomic E-state index is 0.0380. The zero-order valence-electron chi connectivity index (χ0n) is 30.5. The van der Waals surface area contributed by atoms with Crippen molar-refractivity contribution in [1.82, 2.24) is 29.7 Å². The fourth-order valence-corrected chi connectivity index (χ4v) is 9.90. The Morgan fingerprint density at radius 1 is 0.982 bits per heavy atom. The highest BCUT2D eigenvalue weighted by molar-refractivity contribution is 7.13. The number of rotatable bonds is 9. The second-order valence-electron chi connectivity index (χ2n) is 15.4. The van der Waals surface area contributed by atoms with Crippen molar-refractivity contribution in [3.8, 4) is 11.1 Å². The normalized spacial score (nSPS) is 22.1. The second-order valence-corrected chi connectivity index (χ2v) is 16.3. The van der Waals surface area contributed by atoms with Crippen LogP contribution in [-0.2, 0) is 40.4 Å². The van der Waals surface area contributed by atoms with Crippen molar-refractivity contribution in [2.45, 2.75) is 75.8 Å². The molecular formula is C42H39FN8O4S. The number of imidazole rings is 1. The highest BCUT2D eigenvalue weighted by Crippen LogP contribution is 2.40. The maximum absolute atomic E-state index is 15.9. The van der Waals surface area contributed by atoms with Crippen LogP contribution < -0.4 is 15.5 Å². The Labute approximate surface area is 326 Å². The first-order valence-corrected chi connectivity index (χ1v) is 20.1. The molecule has 3 saturated heterocycles. The number of likely N-dealkylation sites (tertiary alicyclic amines) is 1. The van der Waals surface area contributed by atoms with E-state index in [9.17, 15) is 19.2 Å². The van der Waals surface area contributed by atoms with Gasteiger partial charge in [0.2, 0.25) is 11.8 Å². The van der Waals surface area contributed by atoms with Gasteiger partial charge in [0.25, 0.3) is 11.8 Å². The number of benzene rings is 3. The van der Waals surface area contributed by atoms with Gasteiger partial charge in [-0.2, -0.15) is 0 Å². The van der Waals surface area contributed by atoms with E-state index < -0.39 is 23.7 Å². The van der Waals surface area contributed by atoms with E-state index in [0.717, 1.165) is 67.9 Å². The number of halogens is 1. The smallest absolute Gasteiger partial charge is 0.255 e. The second kappa shape index (κ2) is 13.8. The summed E-state index contributed by atoms with van der Waals surface area (Å²) >= 11 is 1.29. The van der Waals surface area contributed by atoms with Crippen LogP contribution in [0.2, 0.25) is 0 Å². The van der Waals surface area contributed by atoms with Gasteiger partial charge in [-0.05, 0) is 72.2 Å². The van der Waals surface area contributed by atoms with Crippen molar-refractivity contribution in [3.05, 3.63) is 118 Å². The molecule has 5 aliphatic heterocycles. The van der Waals surface area contributed by atoms with Crippen LogP contribution in [0.1, 0.15) is 76.1 Å². The van der Waals surface area contributed by atoms with E-state index >= 15 is 4.39 Å². The van der Waals surface area contributed by atoms with Gasteiger partial charge in [0.05, 0.1) is 24.5 Å². The van der Waals surface area contributed by atoms with Gasteiger partial charge in [0.15, 0.2) is 11.2 Å². The Morgan fingerprint density at radius 2 is 1.82 bits per heavy atom. The fourth-order valence-electron chi connectivity index (χ4n) is 9.37. The fraction of sp³-hybridized carbons (Fsp3) is 0.333. The number of piperidine rings is 1. The third-order valence-electron chi connectivity index (χ3n) is 12.2. The van der Waals surface area contributed by atoms with Gasteiger partial charge in [-0.15, -0.1) is 11.3 Å². The van der Waals surface area contributed by atoms with Crippen LogP contribution in [0.3, 0.4) is 0 Å². The molecule has 5 aromatic rings. The molecule has 10 rings (SSSR count). The molecule has 2 N–H and O–H groups in total. The van der Waals surface area contributed by atoms with Gasteiger partial charge in [0, 0.05) is 78.8 Å². The van der Waals surface area contributed by atoms with Crippen molar-refractivity contribution < 1.29 is 23.6 Å². The van der Waals surface area contributed by atoms with Gasteiger partial charge in [-0.25, -0.2) is 14.4 Å². The molecule has 56 heavy (non-hydrogen) atoms. The summed E-state index contributed by atoms with van der Waals surface area (Å²) in [5.74, 6) is -2.00. The summed E-state index contributed by atoms with van der Waals surface area (Å²) in [6.45, 7) is 3.46. The van der Waals surface area contributed by atoms with Crippen molar-refractivity contribution in [1.29, 1.82) is 0 Å². The summed E-state index contributed by atoms with van der Waals surface area (Å²) in [6, 6.07) is 19.3. The van der Waals surface area contributed by atoms with Crippen LogP contribution in [-0.4, -0.2) is 73.1 Å². The Kier molecular flexibility index (Phi) is 8.55. The van der Waals surface area contributed by atoms with Gasteiger partial charge < -0.3 is 14.4 Å². The SMILES string of the molecule is O=C1CCC(c2ccc(CN3C[C@H]4C[C@@H]3CN4c3ccc(-c4cc(F)c5c(c4)C(=O)N(C(C(=O)Nc4nccs4)c4ncn6c4CCC6)C5)cc3)cc2)C(=O)N1. The molecule has 4 amide bonds. The highest BCUT2D eigenvalue weighted by atomic mass is 32.1. The molecule has 0 spiro atoms. The Hall–Kier alpha value is -5.73. The first-order chi connectivity index (χ1) is 27.3. The summed E-state index contributed by atoms with van der Waals surface area (Å²) in [5, 5.41) is 7.48. The Balaban J connectivity index is 0.820. The maximum Gasteiger partial charge on any atom is 0.255 e. The number of aromatic nitrogens is 3. The topological polar surface area (TPSA) is 133 Å². The minimum atomic E-state index is -1.03. The number of aryl methyl sites for hydroxylation is 1. The monoisotopic (exact) mass is 770 g/mol. The van der Waals surface area contributed by atoms with Gasteiger partial charge in [-0.1, -0.05) is 36.4 Å². The van der Waals surface area contributed by atoms with E-state index in [-0.39, 0.29) is 35.4 Å². The number of carbonyl (C=O) groups excluding carboxylic acids is 4. The number of nitrogens with one attached hydrogen (secondary N) is 2. The number of hydrogen-bond acceptors (Lipinski definition) is 9. The zero-order valence-corrected chi connectivity index (χ0v) is 31.3. The molecule has 5 aliphatic rings. The first-order valence-electron chi connectivity index (χ1n) is 19.2. The number of nitrogens with zero attached hydrogens (tertiary/aromatic N) is 6. The van der Waals surface area contributed by atoms with E-state index in [1.165, 1.54) is 27.9 Å². The molecule has 14 heteroatoms. The average molecular weight is 771 g/mol. The number of carbonyl (C=O) groups is 4. The number of piperazine rings is 1. The third-order valence-corrected chi connectivity index (χ3v) is 12.9. The van der Waals surface area contributed by atoms with Gasteiger partial charge in [0.1, 0.15) is 5.82 Å². The average Bonchev–Trinajstić information content (AvgIpc) is 4.06. The van der Waals surface area contributed by atoms with Crippen LogP contribution in [0.4, 0.5) is 15.2 Å². The summed E-state index contributed by atoms with van der Waals surface area (Å²) in [4.78, 5) is 67.0. The van der Waals surface area contributed by atoms with Gasteiger partial charge >= 0.3 is 0 Å². The number of fused-ring (bicyclic) bond motifs is 4. The Morgan fingerprint density at radius 3 is 2.57 bits per heavy atom. The van der Waals surface area contributed by atoms with Crippen LogP contribution in [0.15, 0.2) is 78.6 Å². The predicted molar refractivity (Wildman–Crippen MR) is 207 cm³/mol. The van der Waals surface area contributed by atoms with Crippen LogP contribution >= 0.6 is 11.3 Å². The molecule has 0 aliphatic carbocycles. The molecule has 4 atom stereocenters. The summed E-state index contributed by atoms with van der Waals surface area (Å²) in [7, 11) is 0. The number of thiazole rings is 1. The molecule has 3 fully saturated rings. The summed E-state index contributed by atoms with van der Waals surface area (Å²) < 4.78 is 17.9. The molecule has 3 aromatic carbocycles. The molecule has 2 aromatic heterocycles. The van der Waals surface area contributed by atoms with E-state index in [1.807, 2.05) is 28.8 Å². The lowest BCUT2D eigenvalue weighted by molar-refractivity contribution is -0.134. The molecule has 2 bridgehead atoms. The lowest BCUT2D eigenvalue weighted by Crippen LogP contribution is -2.46. The lowest BCUT2D eigenvalue weighted by atomic mass is 9.90. The van der Waals surface area contributed by atoms with Gasteiger partial charge in [-0.3, -0.25) is 34.7 Å². The molecule has 0 saturated carbocycles. The predicted octanol–water partition coefficient (Wildman–Crippen LogP) is 5.41. The summed E-state index contributed by atoms with van der Waals surface area (Å²) in [5.41, 5.74) is 6.65. The van der Waals surface area contributed by atoms with E-state index in [0.29, 0.717) is 41.3 Å². The molecule has 284 valence electrons. The molecule has 2 unspecified atom stereocenters. The third kappa shape index (κ3) is 6.07. The van der Waals surface area contributed by atoms with E-state index in [4.69, 9.17) is 0 Å². The van der Waals surface area contributed by atoms with Crippen molar-refractivity contribution in [3.63, 3.8) is 0 Å². The minimum Gasteiger partial charge on any atom is -0.366 e. The molecule has 7 heterocycles. The van der Waals surface area contributed by atoms with E-state index in [1.54, 1.807) is 24.0 Å². The largest absolute Gasteiger partial charge is 0.366 e. The maximum atomic E-state index is 15.9. The number of hydrogen-bond donors (Lipinski definition) is 2. The van der Waals surface area contributed by atoms with Crippen LogP contribution in [0.25, 0.3) is 11.1 Å². The lowest BCUT2D eigenvalue weighted by Gasteiger charge is -2.35. The zero-order chi connectivity index (χ0) is 38.1. The number of imide groups is 1. The molecule has 0 radical (unpaired) electrons. The molecular weight excluding hydrogens is 732 g/mol. The quantitative estimate of drug-likeness (QED) is 0.190.